The van der Waals surface area contributed by atoms with Crippen molar-refractivity contribution in [2.24, 2.45) is 11.1 Å². The summed E-state index contributed by atoms with van der Waals surface area (Å²) in [5.74, 6) is 0.837. The van der Waals surface area contributed by atoms with Crippen molar-refractivity contribution in [2.45, 2.75) is 32.1 Å². The lowest BCUT2D eigenvalue weighted by Gasteiger charge is -2.34. The largest absolute Gasteiger partial charge is 0.497 e. The van der Waals surface area contributed by atoms with E-state index in [2.05, 4.69) is 5.32 Å². The number of rotatable bonds is 4. The topological polar surface area (TPSA) is 64.3 Å². The van der Waals surface area contributed by atoms with E-state index in [-0.39, 0.29) is 11.3 Å². The van der Waals surface area contributed by atoms with Gasteiger partial charge >= 0.3 is 0 Å². The van der Waals surface area contributed by atoms with Gasteiger partial charge in [-0.3, -0.25) is 4.79 Å². The summed E-state index contributed by atoms with van der Waals surface area (Å²) < 4.78 is 5.10. The van der Waals surface area contributed by atoms with E-state index < -0.39 is 0 Å². The molecule has 104 valence electrons. The quantitative estimate of drug-likeness (QED) is 0.876. The Bertz CT molecular complexity index is 422. The highest BCUT2D eigenvalue weighted by molar-refractivity contribution is 5.95. The highest BCUT2D eigenvalue weighted by atomic mass is 16.5. The number of carbonyl (C=O) groups is 1. The van der Waals surface area contributed by atoms with Crippen LogP contribution in [0.3, 0.4) is 0 Å². The van der Waals surface area contributed by atoms with Gasteiger partial charge in [0.2, 0.25) is 5.91 Å². The molecule has 1 saturated carbocycles. The van der Waals surface area contributed by atoms with E-state index in [4.69, 9.17) is 10.5 Å². The number of ether oxygens (including phenoxy) is 1. The summed E-state index contributed by atoms with van der Waals surface area (Å²) in [6.07, 6.45) is 5.18. The Morgan fingerprint density at radius 3 is 2.42 bits per heavy atom. The van der Waals surface area contributed by atoms with Crippen LogP contribution >= 0.6 is 0 Å². The molecule has 1 aromatic carbocycles. The van der Waals surface area contributed by atoms with Gasteiger partial charge in [-0.1, -0.05) is 19.3 Å². The van der Waals surface area contributed by atoms with Gasteiger partial charge in [0.1, 0.15) is 5.75 Å². The standard InChI is InChI=1S/C15H22N2O2/c1-19-13-7-5-12(6-8-13)17-14(18)15(11-16)9-3-2-4-10-15/h5-8H,2-4,9-11,16H2,1H3,(H,17,18). The molecule has 1 amide bonds. The number of methoxy groups -OCH3 is 1. The predicted molar refractivity (Wildman–Crippen MR) is 76.2 cm³/mol. The first-order valence-electron chi connectivity index (χ1n) is 6.86. The Balaban J connectivity index is 2.05. The molecular formula is C15H22N2O2. The molecule has 19 heavy (non-hydrogen) atoms. The van der Waals surface area contributed by atoms with Crippen LogP contribution in [-0.2, 0) is 4.79 Å². The van der Waals surface area contributed by atoms with Gasteiger partial charge in [0.05, 0.1) is 12.5 Å². The number of carbonyl (C=O) groups excluding carboxylic acids is 1. The molecule has 1 aliphatic carbocycles. The molecule has 0 bridgehead atoms. The molecule has 0 aliphatic heterocycles. The van der Waals surface area contributed by atoms with Crippen molar-refractivity contribution in [1.82, 2.24) is 0 Å². The number of anilines is 1. The fourth-order valence-electron chi connectivity index (χ4n) is 2.69. The zero-order valence-electron chi connectivity index (χ0n) is 11.4. The van der Waals surface area contributed by atoms with Crippen LogP contribution in [0, 0.1) is 5.41 Å². The zero-order valence-corrected chi connectivity index (χ0v) is 11.4. The van der Waals surface area contributed by atoms with Crippen LogP contribution in [0.25, 0.3) is 0 Å². The lowest BCUT2D eigenvalue weighted by molar-refractivity contribution is -0.126. The summed E-state index contributed by atoms with van der Waals surface area (Å²) >= 11 is 0. The summed E-state index contributed by atoms with van der Waals surface area (Å²) in [6.45, 7) is 0.426. The molecule has 1 fully saturated rings. The van der Waals surface area contributed by atoms with Gasteiger partial charge in [-0.15, -0.1) is 0 Å². The molecule has 0 heterocycles. The number of hydrogen-bond acceptors (Lipinski definition) is 3. The molecule has 1 aliphatic rings. The van der Waals surface area contributed by atoms with E-state index in [1.807, 2.05) is 24.3 Å². The summed E-state index contributed by atoms with van der Waals surface area (Å²) in [6, 6.07) is 7.38. The van der Waals surface area contributed by atoms with Crippen LogP contribution in [0.5, 0.6) is 5.75 Å². The van der Waals surface area contributed by atoms with Crippen LogP contribution in [0.15, 0.2) is 24.3 Å². The van der Waals surface area contributed by atoms with Crippen LogP contribution in [0.1, 0.15) is 32.1 Å². The smallest absolute Gasteiger partial charge is 0.231 e. The van der Waals surface area contributed by atoms with Gasteiger partial charge in [0.15, 0.2) is 0 Å². The van der Waals surface area contributed by atoms with E-state index in [1.165, 1.54) is 6.42 Å². The second kappa shape index (κ2) is 6.06. The second-order valence-corrected chi connectivity index (χ2v) is 5.23. The highest BCUT2D eigenvalue weighted by Crippen LogP contribution is 2.36. The molecule has 4 nitrogen and oxygen atoms in total. The molecule has 1 aromatic rings. The van der Waals surface area contributed by atoms with Crippen molar-refractivity contribution >= 4 is 11.6 Å². The molecule has 0 saturated heterocycles. The maximum atomic E-state index is 12.5. The first-order valence-corrected chi connectivity index (χ1v) is 6.86. The molecule has 0 unspecified atom stereocenters. The molecule has 0 aromatic heterocycles. The van der Waals surface area contributed by atoms with Gasteiger partial charge in [-0.25, -0.2) is 0 Å². The first kappa shape index (κ1) is 13.9. The fourth-order valence-corrected chi connectivity index (χ4v) is 2.69. The summed E-state index contributed by atoms with van der Waals surface area (Å²) in [5.41, 5.74) is 6.28. The van der Waals surface area contributed by atoms with Crippen LogP contribution in [0.4, 0.5) is 5.69 Å². The Labute approximate surface area is 114 Å². The van der Waals surface area contributed by atoms with Crippen molar-refractivity contribution < 1.29 is 9.53 Å². The Hall–Kier alpha value is -1.55. The summed E-state index contributed by atoms with van der Waals surface area (Å²) in [5, 5.41) is 2.98. The number of hydrogen-bond donors (Lipinski definition) is 2. The van der Waals surface area contributed by atoms with Gasteiger partial charge in [-0.05, 0) is 37.1 Å². The van der Waals surface area contributed by atoms with E-state index >= 15 is 0 Å². The third kappa shape index (κ3) is 3.07. The Morgan fingerprint density at radius 2 is 1.89 bits per heavy atom. The van der Waals surface area contributed by atoms with E-state index in [0.717, 1.165) is 37.1 Å². The van der Waals surface area contributed by atoms with Crippen LogP contribution < -0.4 is 15.8 Å². The Morgan fingerprint density at radius 1 is 1.26 bits per heavy atom. The van der Waals surface area contributed by atoms with Gasteiger partial charge < -0.3 is 15.8 Å². The fraction of sp³-hybridized carbons (Fsp3) is 0.533. The molecule has 2 rings (SSSR count). The average Bonchev–Trinajstić information content (AvgIpc) is 2.48. The minimum absolute atomic E-state index is 0.0554. The average molecular weight is 262 g/mol. The zero-order chi connectivity index (χ0) is 13.7. The minimum atomic E-state index is -0.377. The number of amides is 1. The van der Waals surface area contributed by atoms with Crippen molar-refractivity contribution in [2.75, 3.05) is 19.0 Å². The van der Waals surface area contributed by atoms with E-state index in [9.17, 15) is 4.79 Å². The number of benzene rings is 1. The lowest BCUT2D eigenvalue weighted by atomic mass is 9.73. The SMILES string of the molecule is COc1ccc(NC(=O)C2(CN)CCCCC2)cc1. The van der Waals surface area contributed by atoms with E-state index in [0.29, 0.717) is 6.54 Å². The highest BCUT2D eigenvalue weighted by Gasteiger charge is 2.38. The van der Waals surface area contributed by atoms with E-state index in [1.54, 1.807) is 7.11 Å². The molecule has 0 spiro atoms. The Kier molecular flexibility index (Phi) is 4.43. The second-order valence-electron chi connectivity index (χ2n) is 5.23. The van der Waals surface area contributed by atoms with Crippen molar-refractivity contribution in [3.63, 3.8) is 0 Å². The maximum absolute atomic E-state index is 12.5. The minimum Gasteiger partial charge on any atom is -0.497 e. The maximum Gasteiger partial charge on any atom is 0.231 e. The van der Waals surface area contributed by atoms with Crippen LogP contribution in [-0.4, -0.2) is 19.6 Å². The van der Waals surface area contributed by atoms with Crippen molar-refractivity contribution in [3.05, 3.63) is 24.3 Å². The summed E-state index contributed by atoms with van der Waals surface area (Å²) in [7, 11) is 1.62. The van der Waals surface area contributed by atoms with Gasteiger partial charge in [-0.2, -0.15) is 0 Å². The normalized spacial score (nSPS) is 17.8. The number of nitrogens with one attached hydrogen (secondary N) is 1. The van der Waals surface area contributed by atoms with Crippen LogP contribution in [0.2, 0.25) is 0 Å². The van der Waals surface area contributed by atoms with Gasteiger partial charge in [0.25, 0.3) is 0 Å². The lowest BCUT2D eigenvalue weighted by Crippen LogP contribution is -2.43. The molecule has 3 N–H and O–H groups in total. The van der Waals surface area contributed by atoms with Crippen molar-refractivity contribution in [1.29, 1.82) is 0 Å². The third-order valence-corrected chi connectivity index (χ3v) is 4.03. The monoisotopic (exact) mass is 262 g/mol. The first-order chi connectivity index (χ1) is 9.20. The molecule has 4 heteroatoms. The van der Waals surface area contributed by atoms with Gasteiger partial charge in [0, 0.05) is 12.2 Å². The molecule has 0 radical (unpaired) electrons. The predicted octanol–water partition coefficient (Wildman–Crippen LogP) is 2.54. The molecular weight excluding hydrogens is 240 g/mol. The van der Waals surface area contributed by atoms with Crippen molar-refractivity contribution in [3.8, 4) is 5.75 Å². The summed E-state index contributed by atoms with van der Waals surface area (Å²) in [4.78, 5) is 12.5. The number of nitrogens with two attached hydrogens (primary N) is 1. The molecule has 0 atom stereocenters. The third-order valence-electron chi connectivity index (χ3n) is 4.03.